The summed E-state index contributed by atoms with van der Waals surface area (Å²) >= 11 is 0. The van der Waals surface area contributed by atoms with Gasteiger partial charge in [0, 0.05) is 6.04 Å². The zero-order valence-corrected chi connectivity index (χ0v) is 7.31. The van der Waals surface area contributed by atoms with E-state index in [1.165, 1.54) is 7.11 Å². The second-order valence-corrected chi connectivity index (χ2v) is 2.63. The van der Waals surface area contributed by atoms with Crippen molar-refractivity contribution >= 4 is 6.29 Å². The van der Waals surface area contributed by atoms with Crippen molar-refractivity contribution in [1.29, 1.82) is 0 Å². The number of nitrogens with zero attached hydrogens (tertiary/aromatic N) is 3. The molecule has 0 N–H and O–H groups in total. The van der Waals surface area contributed by atoms with Crippen LogP contribution in [-0.4, -0.2) is 28.2 Å². The smallest absolute Gasteiger partial charge is 0.317 e. The van der Waals surface area contributed by atoms with Gasteiger partial charge in [0.15, 0.2) is 12.1 Å². The number of hydrogen-bond acceptors (Lipinski definition) is 4. The monoisotopic (exact) mass is 169 g/mol. The zero-order valence-electron chi connectivity index (χ0n) is 7.31. The second-order valence-electron chi connectivity index (χ2n) is 2.63. The Labute approximate surface area is 70.4 Å². The minimum absolute atomic E-state index is 0.121. The fourth-order valence-electron chi connectivity index (χ4n) is 0.993. The SMILES string of the molecule is COc1nnc(C=O)n1C(C)C. The Balaban J connectivity index is 3.16. The van der Waals surface area contributed by atoms with Crippen molar-refractivity contribution in [3.63, 3.8) is 0 Å². The molecule has 5 nitrogen and oxygen atoms in total. The first-order valence-electron chi connectivity index (χ1n) is 3.64. The highest BCUT2D eigenvalue weighted by molar-refractivity contribution is 5.69. The van der Waals surface area contributed by atoms with Gasteiger partial charge in [-0.2, -0.15) is 0 Å². The Bertz CT molecular complexity index is 280. The van der Waals surface area contributed by atoms with Gasteiger partial charge in [0.25, 0.3) is 0 Å². The summed E-state index contributed by atoms with van der Waals surface area (Å²) in [7, 11) is 1.50. The minimum Gasteiger partial charge on any atom is -0.467 e. The molecule has 0 aliphatic rings. The van der Waals surface area contributed by atoms with Gasteiger partial charge in [0.05, 0.1) is 7.11 Å². The number of ether oxygens (including phenoxy) is 1. The normalized spacial score (nSPS) is 10.3. The maximum absolute atomic E-state index is 10.5. The lowest BCUT2D eigenvalue weighted by molar-refractivity contribution is 0.110. The summed E-state index contributed by atoms with van der Waals surface area (Å²) in [6.07, 6.45) is 0.662. The van der Waals surface area contributed by atoms with Crippen LogP contribution in [0.2, 0.25) is 0 Å². The first kappa shape index (κ1) is 8.70. The van der Waals surface area contributed by atoms with Crippen LogP contribution in [0.3, 0.4) is 0 Å². The van der Waals surface area contributed by atoms with Crippen LogP contribution < -0.4 is 4.74 Å². The maximum Gasteiger partial charge on any atom is 0.317 e. The standard InChI is InChI=1S/C7H11N3O2/c1-5(2)10-6(4-11)8-9-7(10)12-3/h4-5H,1-3H3. The van der Waals surface area contributed by atoms with Gasteiger partial charge in [-0.1, -0.05) is 5.10 Å². The first-order chi connectivity index (χ1) is 5.70. The molecular formula is C7H11N3O2. The van der Waals surface area contributed by atoms with E-state index in [0.29, 0.717) is 18.1 Å². The largest absolute Gasteiger partial charge is 0.467 e. The topological polar surface area (TPSA) is 57.0 Å². The Kier molecular flexibility index (Phi) is 2.42. The highest BCUT2D eigenvalue weighted by atomic mass is 16.5. The van der Waals surface area contributed by atoms with Crippen LogP contribution in [0.15, 0.2) is 0 Å². The van der Waals surface area contributed by atoms with Gasteiger partial charge in [-0.05, 0) is 13.8 Å². The van der Waals surface area contributed by atoms with Gasteiger partial charge in [-0.15, -0.1) is 5.10 Å². The summed E-state index contributed by atoms with van der Waals surface area (Å²) in [5, 5.41) is 7.33. The molecule has 0 amide bonds. The summed E-state index contributed by atoms with van der Waals surface area (Å²) in [4.78, 5) is 10.5. The molecule has 0 radical (unpaired) electrons. The van der Waals surface area contributed by atoms with Crippen LogP contribution in [0, 0.1) is 0 Å². The molecule has 0 bridgehead atoms. The van der Waals surface area contributed by atoms with E-state index in [1.807, 2.05) is 13.8 Å². The van der Waals surface area contributed by atoms with Crippen molar-refractivity contribution in [1.82, 2.24) is 14.8 Å². The molecule has 0 saturated heterocycles. The molecule has 0 aromatic carbocycles. The first-order valence-corrected chi connectivity index (χ1v) is 3.64. The van der Waals surface area contributed by atoms with Crippen molar-refractivity contribution in [2.45, 2.75) is 19.9 Å². The molecule has 0 aliphatic carbocycles. The third-order valence-electron chi connectivity index (χ3n) is 1.50. The molecule has 1 aromatic rings. The highest BCUT2D eigenvalue weighted by Crippen LogP contribution is 2.15. The summed E-state index contributed by atoms with van der Waals surface area (Å²) in [5.74, 6) is 0.293. The summed E-state index contributed by atoms with van der Waals surface area (Å²) in [5.41, 5.74) is 0. The summed E-state index contributed by atoms with van der Waals surface area (Å²) in [6.45, 7) is 3.86. The zero-order chi connectivity index (χ0) is 9.14. The Morgan fingerprint density at radius 3 is 2.58 bits per heavy atom. The van der Waals surface area contributed by atoms with Crippen LogP contribution in [0.4, 0.5) is 0 Å². The second kappa shape index (κ2) is 3.34. The van der Waals surface area contributed by atoms with E-state index in [4.69, 9.17) is 4.74 Å². The van der Waals surface area contributed by atoms with Crippen LogP contribution in [-0.2, 0) is 0 Å². The molecule has 0 fully saturated rings. The van der Waals surface area contributed by atoms with Crippen molar-refractivity contribution in [2.75, 3.05) is 7.11 Å². The third-order valence-corrected chi connectivity index (χ3v) is 1.50. The number of methoxy groups -OCH3 is 1. The van der Waals surface area contributed by atoms with E-state index in [1.54, 1.807) is 4.57 Å². The number of carbonyl (C=O) groups is 1. The molecule has 1 aromatic heterocycles. The average molecular weight is 169 g/mol. The lowest BCUT2D eigenvalue weighted by Crippen LogP contribution is -2.07. The maximum atomic E-state index is 10.5. The van der Waals surface area contributed by atoms with Crippen molar-refractivity contribution in [2.24, 2.45) is 0 Å². The van der Waals surface area contributed by atoms with E-state index < -0.39 is 0 Å². The van der Waals surface area contributed by atoms with Crippen LogP contribution in [0.5, 0.6) is 6.01 Å². The molecule has 5 heteroatoms. The van der Waals surface area contributed by atoms with Gasteiger partial charge in [-0.3, -0.25) is 9.36 Å². The minimum atomic E-state index is 0.121. The van der Waals surface area contributed by atoms with Gasteiger partial charge in [0.1, 0.15) is 0 Å². The predicted octanol–water partition coefficient (Wildman–Crippen LogP) is 0.680. The molecule has 0 aliphatic heterocycles. The van der Waals surface area contributed by atoms with Gasteiger partial charge < -0.3 is 4.74 Å². The molecular weight excluding hydrogens is 158 g/mol. The molecule has 12 heavy (non-hydrogen) atoms. The molecule has 0 saturated carbocycles. The molecule has 0 atom stereocenters. The third kappa shape index (κ3) is 1.30. The van der Waals surface area contributed by atoms with E-state index in [0.717, 1.165) is 0 Å². The van der Waals surface area contributed by atoms with E-state index in [9.17, 15) is 4.79 Å². The molecule has 0 unspecified atom stereocenters. The van der Waals surface area contributed by atoms with E-state index in [-0.39, 0.29) is 6.04 Å². The van der Waals surface area contributed by atoms with E-state index in [2.05, 4.69) is 10.2 Å². The van der Waals surface area contributed by atoms with Gasteiger partial charge in [0.2, 0.25) is 0 Å². The number of rotatable bonds is 3. The van der Waals surface area contributed by atoms with Crippen LogP contribution in [0.25, 0.3) is 0 Å². The van der Waals surface area contributed by atoms with Crippen LogP contribution >= 0.6 is 0 Å². The molecule has 0 spiro atoms. The van der Waals surface area contributed by atoms with Gasteiger partial charge >= 0.3 is 6.01 Å². The van der Waals surface area contributed by atoms with Crippen molar-refractivity contribution in [3.8, 4) is 6.01 Å². The fraction of sp³-hybridized carbons (Fsp3) is 0.571. The number of hydrogen-bond donors (Lipinski definition) is 0. The lowest BCUT2D eigenvalue weighted by Gasteiger charge is -2.09. The van der Waals surface area contributed by atoms with Crippen LogP contribution in [0.1, 0.15) is 30.5 Å². The highest BCUT2D eigenvalue weighted by Gasteiger charge is 2.13. The van der Waals surface area contributed by atoms with Crippen molar-refractivity contribution in [3.05, 3.63) is 5.82 Å². The number of aromatic nitrogens is 3. The Morgan fingerprint density at radius 2 is 2.17 bits per heavy atom. The summed E-state index contributed by atoms with van der Waals surface area (Å²) < 4.78 is 6.55. The fourth-order valence-corrected chi connectivity index (χ4v) is 0.993. The van der Waals surface area contributed by atoms with Crippen molar-refractivity contribution < 1.29 is 9.53 Å². The Hall–Kier alpha value is -1.39. The molecule has 66 valence electrons. The average Bonchev–Trinajstić information content (AvgIpc) is 2.46. The quantitative estimate of drug-likeness (QED) is 0.624. The lowest BCUT2D eigenvalue weighted by atomic mass is 10.4. The Morgan fingerprint density at radius 1 is 1.50 bits per heavy atom. The van der Waals surface area contributed by atoms with E-state index >= 15 is 0 Å². The van der Waals surface area contributed by atoms with Gasteiger partial charge in [-0.25, -0.2) is 0 Å². The molecule has 1 heterocycles. The number of carbonyl (C=O) groups excluding carboxylic acids is 1. The predicted molar refractivity (Wildman–Crippen MR) is 42.3 cm³/mol. The molecule has 1 rings (SSSR count). The summed E-state index contributed by atoms with van der Waals surface area (Å²) in [6, 6.07) is 0.488. The number of aldehydes is 1.